The third kappa shape index (κ3) is 2.26. The van der Waals surface area contributed by atoms with E-state index in [1.165, 1.54) is 22.8 Å². The lowest BCUT2D eigenvalue weighted by Crippen LogP contribution is -2.36. The first-order chi connectivity index (χ1) is 9.97. The standard InChI is InChI=1S/C15H13FN2O3/c1-8-17-12-6-9(16)2-4-11(12)15(21)18(8)13-5-3-10(19)7-14(13)20/h2,4,6,13H,3,5,7H2,1H3. The van der Waals surface area contributed by atoms with Crippen LogP contribution in [0.5, 0.6) is 0 Å². The van der Waals surface area contributed by atoms with E-state index in [4.69, 9.17) is 0 Å². The molecule has 108 valence electrons. The van der Waals surface area contributed by atoms with Crippen molar-refractivity contribution in [3.05, 3.63) is 40.2 Å². The molecular formula is C15H13FN2O3. The molecule has 1 aliphatic rings. The normalized spacial score (nSPS) is 19.2. The Morgan fingerprint density at radius 2 is 2.05 bits per heavy atom. The monoisotopic (exact) mass is 288 g/mol. The van der Waals surface area contributed by atoms with Crippen LogP contribution in [-0.2, 0) is 9.59 Å². The van der Waals surface area contributed by atoms with Gasteiger partial charge in [-0.15, -0.1) is 0 Å². The van der Waals surface area contributed by atoms with Gasteiger partial charge in [0.15, 0.2) is 5.78 Å². The van der Waals surface area contributed by atoms with E-state index in [9.17, 15) is 18.8 Å². The van der Waals surface area contributed by atoms with Crippen LogP contribution in [0.4, 0.5) is 4.39 Å². The molecule has 1 aromatic heterocycles. The molecule has 0 saturated heterocycles. The Morgan fingerprint density at radius 1 is 1.29 bits per heavy atom. The summed E-state index contributed by atoms with van der Waals surface area (Å²) in [5.74, 6) is -0.478. The predicted molar refractivity (Wildman–Crippen MR) is 73.6 cm³/mol. The highest BCUT2D eigenvalue weighted by Gasteiger charge is 2.30. The van der Waals surface area contributed by atoms with Crippen LogP contribution >= 0.6 is 0 Å². The van der Waals surface area contributed by atoms with Gasteiger partial charge in [0.25, 0.3) is 5.56 Å². The molecule has 1 unspecified atom stereocenters. The van der Waals surface area contributed by atoms with E-state index in [0.717, 1.165) is 0 Å². The molecule has 5 nitrogen and oxygen atoms in total. The van der Waals surface area contributed by atoms with E-state index in [2.05, 4.69) is 4.98 Å². The summed E-state index contributed by atoms with van der Waals surface area (Å²) < 4.78 is 14.5. The van der Waals surface area contributed by atoms with Crippen molar-refractivity contribution in [1.29, 1.82) is 0 Å². The maximum atomic E-state index is 13.2. The van der Waals surface area contributed by atoms with E-state index < -0.39 is 11.9 Å². The Bertz CT molecular complexity index is 826. The first-order valence-corrected chi connectivity index (χ1v) is 6.70. The second kappa shape index (κ2) is 4.87. The van der Waals surface area contributed by atoms with Crippen LogP contribution in [0.1, 0.15) is 31.1 Å². The molecule has 1 saturated carbocycles. The van der Waals surface area contributed by atoms with Crippen molar-refractivity contribution < 1.29 is 14.0 Å². The SMILES string of the molecule is Cc1nc2cc(F)ccc2c(=O)n1C1CCC(=O)CC1=O. The molecule has 3 rings (SSSR count). The number of hydrogen-bond donors (Lipinski definition) is 0. The molecule has 1 aliphatic carbocycles. The van der Waals surface area contributed by atoms with Gasteiger partial charge in [0.1, 0.15) is 17.4 Å². The molecule has 0 aliphatic heterocycles. The van der Waals surface area contributed by atoms with Gasteiger partial charge in [-0.05, 0) is 25.5 Å². The largest absolute Gasteiger partial charge is 0.299 e. The van der Waals surface area contributed by atoms with Crippen molar-refractivity contribution in [2.45, 2.75) is 32.2 Å². The maximum Gasteiger partial charge on any atom is 0.262 e. The van der Waals surface area contributed by atoms with E-state index in [-0.39, 0.29) is 40.9 Å². The number of halogens is 1. The lowest BCUT2D eigenvalue weighted by atomic mass is 9.92. The predicted octanol–water partition coefficient (Wildman–Crippen LogP) is 1.71. The van der Waals surface area contributed by atoms with Crippen LogP contribution in [0, 0.1) is 12.7 Å². The van der Waals surface area contributed by atoms with Crippen LogP contribution in [0.2, 0.25) is 0 Å². The third-order valence-electron chi connectivity index (χ3n) is 3.79. The van der Waals surface area contributed by atoms with Gasteiger partial charge in [-0.25, -0.2) is 9.37 Å². The number of fused-ring (bicyclic) bond motifs is 1. The summed E-state index contributed by atoms with van der Waals surface area (Å²) in [7, 11) is 0. The van der Waals surface area contributed by atoms with Crippen molar-refractivity contribution >= 4 is 22.5 Å². The fraction of sp³-hybridized carbons (Fsp3) is 0.333. The maximum absolute atomic E-state index is 13.2. The number of ketones is 2. The average molecular weight is 288 g/mol. The first-order valence-electron chi connectivity index (χ1n) is 6.70. The molecule has 6 heteroatoms. The Hall–Kier alpha value is -2.37. The molecule has 1 fully saturated rings. The number of benzene rings is 1. The fourth-order valence-corrected chi connectivity index (χ4v) is 2.78. The first kappa shape index (κ1) is 13.6. The number of nitrogens with zero attached hydrogens (tertiary/aromatic N) is 2. The van der Waals surface area contributed by atoms with E-state index >= 15 is 0 Å². The second-order valence-corrected chi connectivity index (χ2v) is 5.23. The van der Waals surface area contributed by atoms with Crippen molar-refractivity contribution in [1.82, 2.24) is 9.55 Å². The molecule has 0 bridgehead atoms. The summed E-state index contributed by atoms with van der Waals surface area (Å²) in [5.41, 5.74) is -0.0988. The van der Waals surface area contributed by atoms with Crippen LogP contribution in [0.3, 0.4) is 0 Å². The molecule has 2 aromatic rings. The third-order valence-corrected chi connectivity index (χ3v) is 3.79. The van der Waals surface area contributed by atoms with Crippen molar-refractivity contribution in [2.75, 3.05) is 0 Å². The van der Waals surface area contributed by atoms with Gasteiger partial charge in [-0.3, -0.25) is 19.0 Å². The summed E-state index contributed by atoms with van der Waals surface area (Å²) >= 11 is 0. The van der Waals surface area contributed by atoms with Gasteiger partial charge < -0.3 is 0 Å². The fourth-order valence-electron chi connectivity index (χ4n) is 2.78. The van der Waals surface area contributed by atoms with Crippen molar-refractivity contribution in [2.24, 2.45) is 0 Å². The summed E-state index contributed by atoms with van der Waals surface area (Å²) in [6, 6.07) is 3.10. The van der Waals surface area contributed by atoms with Gasteiger partial charge in [0.2, 0.25) is 0 Å². The number of Topliss-reactive ketones (excluding diaryl/α,β-unsaturated/α-hetero) is 2. The van der Waals surface area contributed by atoms with Crippen molar-refractivity contribution in [3.63, 3.8) is 0 Å². The second-order valence-electron chi connectivity index (χ2n) is 5.23. The Labute approximate surface area is 119 Å². The lowest BCUT2D eigenvalue weighted by Gasteiger charge is -2.23. The van der Waals surface area contributed by atoms with E-state index in [1.54, 1.807) is 6.92 Å². The summed E-state index contributed by atoms with van der Waals surface area (Å²) in [5, 5.41) is 0.270. The molecule has 0 radical (unpaired) electrons. The molecular weight excluding hydrogens is 275 g/mol. The smallest absolute Gasteiger partial charge is 0.262 e. The molecule has 1 heterocycles. The Kier molecular flexibility index (Phi) is 3.16. The Balaban J connectivity index is 2.19. The average Bonchev–Trinajstić information content (AvgIpc) is 2.40. The highest BCUT2D eigenvalue weighted by atomic mass is 19.1. The minimum absolute atomic E-state index is 0.0993. The van der Waals surface area contributed by atoms with Gasteiger partial charge in [-0.2, -0.15) is 0 Å². The molecule has 0 N–H and O–H groups in total. The summed E-state index contributed by atoms with van der Waals surface area (Å²) in [6.07, 6.45) is 0.453. The number of rotatable bonds is 1. The summed E-state index contributed by atoms with van der Waals surface area (Å²) in [6.45, 7) is 1.61. The molecule has 1 atom stereocenters. The minimum Gasteiger partial charge on any atom is -0.299 e. The van der Waals surface area contributed by atoms with Gasteiger partial charge >= 0.3 is 0 Å². The highest BCUT2D eigenvalue weighted by molar-refractivity contribution is 6.03. The summed E-state index contributed by atoms with van der Waals surface area (Å²) in [4.78, 5) is 40.1. The van der Waals surface area contributed by atoms with Gasteiger partial charge in [0.05, 0.1) is 23.4 Å². The van der Waals surface area contributed by atoms with Gasteiger partial charge in [0, 0.05) is 12.5 Å². The topological polar surface area (TPSA) is 69.0 Å². The quantitative estimate of drug-likeness (QED) is 0.749. The molecule has 0 spiro atoms. The number of hydrogen-bond acceptors (Lipinski definition) is 4. The zero-order chi connectivity index (χ0) is 15.1. The lowest BCUT2D eigenvalue weighted by molar-refractivity contribution is -0.132. The van der Waals surface area contributed by atoms with Crippen LogP contribution in [0.15, 0.2) is 23.0 Å². The Morgan fingerprint density at radius 3 is 2.76 bits per heavy atom. The molecule has 1 aromatic carbocycles. The van der Waals surface area contributed by atoms with Crippen molar-refractivity contribution in [3.8, 4) is 0 Å². The number of carbonyl (C=O) groups excluding carboxylic acids is 2. The zero-order valence-electron chi connectivity index (χ0n) is 11.4. The highest BCUT2D eigenvalue weighted by Crippen LogP contribution is 2.24. The zero-order valence-corrected chi connectivity index (χ0v) is 11.4. The van der Waals surface area contributed by atoms with E-state index in [0.29, 0.717) is 12.2 Å². The number of aryl methyl sites for hydroxylation is 1. The minimum atomic E-state index is -0.655. The van der Waals surface area contributed by atoms with Gasteiger partial charge in [-0.1, -0.05) is 0 Å². The van der Waals surface area contributed by atoms with E-state index in [1.807, 2.05) is 0 Å². The number of aromatic nitrogens is 2. The van der Waals surface area contributed by atoms with Crippen LogP contribution in [0.25, 0.3) is 10.9 Å². The molecule has 0 amide bonds. The number of carbonyl (C=O) groups is 2. The van der Waals surface area contributed by atoms with Crippen LogP contribution in [-0.4, -0.2) is 21.1 Å². The van der Waals surface area contributed by atoms with Crippen LogP contribution < -0.4 is 5.56 Å². The molecule has 21 heavy (non-hydrogen) atoms.